The lowest BCUT2D eigenvalue weighted by Gasteiger charge is -2.01. The van der Waals surface area contributed by atoms with Gasteiger partial charge in [-0.05, 0) is 0 Å². The molecule has 0 bridgehead atoms. The van der Waals surface area contributed by atoms with Crippen LogP contribution in [0.2, 0.25) is 0 Å². The summed E-state index contributed by atoms with van der Waals surface area (Å²) in [7, 11) is -4.27. The Hall–Kier alpha value is -1.04. The van der Waals surface area contributed by atoms with Crippen LogP contribution in [0.5, 0.6) is 5.88 Å². The van der Waals surface area contributed by atoms with Crippen LogP contribution in [0.4, 0.5) is 0 Å². The van der Waals surface area contributed by atoms with Crippen LogP contribution in [-0.2, 0) is 10.9 Å². The molecule has 0 aliphatic rings. The zero-order chi connectivity index (χ0) is 9.35. The highest BCUT2D eigenvalue weighted by molar-refractivity contribution is 7.50. The highest BCUT2D eigenvalue weighted by Gasteiger charge is 2.15. The van der Waals surface area contributed by atoms with Gasteiger partial charge in [-0.3, -0.25) is 14.1 Å². The van der Waals surface area contributed by atoms with Gasteiger partial charge in [0.15, 0.2) is 0 Å². The second-order valence-corrected chi connectivity index (χ2v) is 3.83. The lowest BCUT2D eigenvalue weighted by molar-refractivity contribution is 0.361. The predicted octanol–water partition coefficient (Wildman–Crippen LogP) is -0.983. The molecule has 1 heterocycles. The monoisotopic (exact) mass is 194 g/mol. The summed E-state index contributed by atoms with van der Waals surface area (Å²) in [6.07, 6.45) is 0.185. The molecule has 12 heavy (non-hydrogen) atoms. The van der Waals surface area contributed by atoms with Crippen LogP contribution in [0.15, 0.2) is 11.0 Å². The number of aromatic hydroxyl groups is 1. The number of hydrogen-bond acceptors (Lipinski definition) is 3. The standard InChI is InChI=1S/C4H7N2O5P/c7-3-1-6(4(8)5-3)2-12(9,10)11/h1,7H,2H2,(H,5,8)(H2,9,10,11). The van der Waals surface area contributed by atoms with Crippen molar-refractivity contribution in [3.63, 3.8) is 0 Å². The van der Waals surface area contributed by atoms with E-state index in [0.29, 0.717) is 4.57 Å². The first-order valence-corrected chi connectivity index (χ1v) is 4.71. The van der Waals surface area contributed by atoms with E-state index in [1.807, 2.05) is 4.98 Å². The molecule has 0 aliphatic carbocycles. The molecule has 0 saturated carbocycles. The third-order valence-electron chi connectivity index (χ3n) is 1.11. The SMILES string of the molecule is O=c1[nH]c(O)cn1CP(=O)(O)O. The molecule has 1 aromatic heterocycles. The van der Waals surface area contributed by atoms with E-state index in [-0.39, 0.29) is 0 Å². The van der Waals surface area contributed by atoms with Crippen molar-refractivity contribution in [1.29, 1.82) is 0 Å². The third kappa shape index (κ3) is 2.23. The average Bonchev–Trinajstić information content (AvgIpc) is 2.06. The molecule has 0 amide bonds. The third-order valence-corrected chi connectivity index (χ3v) is 1.78. The fourth-order valence-electron chi connectivity index (χ4n) is 0.723. The van der Waals surface area contributed by atoms with Crippen molar-refractivity contribution in [2.24, 2.45) is 0 Å². The van der Waals surface area contributed by atoms with Crippen molar-refractivity contribution in [3.8, 4) is 5.88 Å². The minimum atomic E-state index is -4.27. The molecule has 68 valence electrons. The number of imidazole rings is 1. The van der Waals surface area contributed by atoms with Crippen LogP contribution in [-0.4, -0.2) is 24.4 Å². The molecule has 7 nitrogen and oxygen atoms in total. The molecule has 0 radical (unpaired) electrons. The Morgan fingerprint density at radius 1 is 1.58 bits per heavy atom. The average molecular weight is 194 g/mol. The second kappa shape index (κ2) is 2.78. The molecule has 0 aliphatic heterocycles. The van der Waals surface area contributed by atoms with Crippen LogP contribution in [0.1, 0.15) is 0 Å². The van der Waals surface area contributed by atoms with Gasteiger partial charge in [0.1, 0.15) is 6.29 Å². The molecule has 0 saturated heterocycles. The first-order chi connectivity index (χ1) is 5.38. The Morgan fingerprint density at radius 2 is 2.17 bits per heavy atom. The molecule has 8 heteroatoms. The van der Waals surface area contributed by atoms with Crippen molar-refractivity contribution in [3.05, 3.63) is 16.7 Å². The zero-order valence-corrected chi connectivity index (χ0v) is 6.73. The summed E-state index contributed by atoms with van der Waals surface area (Å²) in [5.74, 6) is -0.423. The number of H-pyrrole nitrogens is 1. The van der Waals surface area contributed by atoms with Gasteiger partial charge in [0.25, 0.3) is 0 Å². The minimum absolute atomic E-state index is 0.423. The Morgan fingerprint density at radius 3 is 2.50 bits per heavy atom. The van der Waals surface area contributed by atoms with Gasteiger partial charge in [-0.2, -0.15) is 0 Å². The summed E-state index contributed by atoms with van der Waals surface area (Å²) in [6.45, 7) is 0. The number of aromatic nitrogens is 2. The van der Waals surface area contributed by atoms with Gasteiger partial charge >= 0.3 is 13.3 Å². The Bertz CT molecular complexity index is 373. The van der Waals surface area contributed by atoms with Gasteiger partial charge < -0.3 is 14.9 Å². The zero-order valence-electron chi connectivity index (χ0n) is 5.84. The van der Waals surface area contributed by atoms with Crippen LogP contribution < -0.4 is 5.69 Å². The number of nitrogens with zero attached hydrogens (tertiary/aromatic N) is 1. The first-order valence-electron chi connectivity index (χ1n) is 2.91. The van der Waals surface area contributed by atoms with Crippen molar-refractivity contribution in [2.75, 3.05) is 0 Å². The van der Waals surface area contributed by atoms with E-state index in [1.54, 1.807) is 0 Å². The van der Waals surface area contributed by atoms with Gasteiger partial charge in [0.05, 0.1) is 6.20 Å². The van der Waals surface area contributed by atoms with Gasteiger partial charge in [-0.1, -0.05) is 0 Å². The van der Waals surface area contributed by atoms with Crippen LogP contribution in [0, 0.1) is 0 Å². The van der Waals surface area contributed by atoms with Crippen molar-refractivity contribution < 1.29 is 19.5 Å². The van der Waals surface area contributed by atoms with Crippen LogP contribution >= 0.6 is 7.60 Å². The number of aromatic amines is 1. The van der Waals surface area contributed by atoms with E-state index in [9.17, 15) is 9.36 Å². The molecule has 1 aromatic rings. The van der Waals surface area contributed by atoms with Crippen molar-refractivity contribution in [1.82, 2.24) is 9.55 Å². The molecule has 0 atom stereocenters. The molecule has 0 unspecified atom stereocenters. The maximum absolute atomic E-state index is 10.7. The van der Waals surface area contributed by atoms with Gasteiger partial charge in [0.2, 0.25) is 5.88 Å². The normalized spacial score (nSPS) is 11.8. The van der Waals surface area contributed by atoms with Crippen molar-refractivity contribution in [2.45, 2.75) is 6.29 Å². The fourth-order valence-corrected chi connectivity index (χ4v) is 1.33. The summed E-state index contributed by atoms with van der Waals surface area (Å²) in [5.41, 5.74) is -0.754. The molecule has 0 aromatic carbocycles. The van der Waals surface area contributed by atoms with E-state index in [2.05, 4.69) is 0 Å². The second-order valence-electron chi connectivity index (χ2n) is 2.22. The fraction of sp³-hybridized carbons (Fsp3) is 0.250. The highest BCUT2D eigenvalue weighted by atomic mass is 31.2. The van der Waals surface area contributed by atoms with E-state index in [0.717, 1.165) is 6.20 Å². The smallest absolute Gasteiger partial charge is 0.345 e. The molecular weight excluding hydrogens is 187 g/mol. The summed E-state index contributed by atoms with van der Waals surface area (Å²) < 4.78 is 11.1. The number of hydrogen-bond donors (Lipinski definition) is 4. The Balaban J connectivity index is 2.98. The molecular formula is C4H7N2O5P. The number of nitrogens with one attached hydrogen (secondary N) is 1. The predicted molar refractivity (Wildman–Crippen MR) is 38.8 cm³/mol. The van der Waals surface area contributed by atoms with E-state index >= 15 is 0 Å². The minimum Gasteiger partial charge on any atom is -0.493 e. The van der Waals surface area contributed by atoms with Gasteiger partial charge in [0, 0.05) is 0 Å². The lowest BCUT2D eigenvalue weighted by atomic mass is 10.8. The molecule has 4 N–H and O–H groups in total. The summed E-state index contributed by atoms with van der Waals surface area (Å²) in [6, 6.07) is 0. The van der Waals surface area contributed by atoms with Crippen LogP contribution in [0.25, 0.3) is 0 Å². The topological polar surface area (TPSA) is 116 Å². The lowest BCUT2D eigenvalue weighted by Crippen LogP contribution is -2.16. The van der Waals surface area contributed by atoms with E-state index in [4.69, 9.17) is 14.9 Å². The Kier molecular flexibility index (Phi) is 2.10. The quantitative estimate of drug-likeness (QED) is 0.451. The van der Waals surface area contributed by atoms with Crippen molar-refractivity contribution >= 4 is 7.60 Å². The first kappa shape index (κ1) is 9.05. The molecule has 0 fully saturated rings. The molecule has 0 spiro atoms. The van der Waals surface area contributed by atoms with E-state index in [1.165, 1.54) is 0 Å². The summed E-state index contributed by atoms with van der Waals surface area (Å²) in [4.78, 5) is 29.6. The van der Waals surface area contributed by atoms with Gasteiger partial charge in [-0.25, -0.2) is 4.79 Å². The maximum Gasteiger partial charge on any atom is 0.345 e. The highest BCUT2D eigenvalue weighted by Crippen LogP contribution is 2.35. The number of rotatable bonds is 2. The largest absolute Gasteiger partial charge is 0.493 e. The maximum atomic E-state index is 10.7. The summed E-state index contributed by atoms with van der Waals surface area (Å²) >= 11 is 0. The van der Waals surface area contributed by atoms with E-state index < -0.39 is 25.5 Å². The van der Waals surface area contributed by atoms with Crippen LogP contribution in [0.3, 0.4) is 0 Å². The molecule has 1 rings (SSSR count). The van der Waals surface area contributed by atoms with Gasteiger partial charge in [-0.15, -0.1) is 0 Å². The Labute approximate surface area is 66.4 Å². The summed E-state index contributed by atoms with van der Waals surface area (Å²) in [5, 5.41) is 8.70.